The molecule has 27 heavy (non-hydrogen) atoms. The third kappa shape index (κ3) is 4.03. The van der Waals surface area contributed by atoms with Crippen LogP contribution in [0.1, 0.15) is 17.5 Å². The van der Waals surface area contributed by atoms with Crippen molar-refractivity contribution in [2.24, 2.45) is 0 Å². The van der Waals surface area contributed by atoms with Gasteiger partial charge in [0.25, 0.3) is 0 Å². The van der Waals surface area contributed by atoms with Crippen molar-refractivity contribution in [3.63, 3.8) is 0 Å². The van der Waals surface area contributed by atoms with Gasteiger partial charge < -0.3 is 4.90 Å². The van der Waals surface area contributed by atoms with Crippen LogP contribution in [0.3, 0.4) is 0 Å². The number of fused-ring (bicyclic) bond motifs is 1. The van der Waals surface area contributed by atoms with Crippen molar-refractivity contribution in [3.8, 4) is 0 Å². The molecule has 0 unspecified atom stereocenters. The topological polar surface area (TPSA) is 41.4 Å². The Morgan fingerprint density at radius 3 is 2.56 bits per heavy atom. The van der Waals surface area contributed by atoms with Gasteiger partial charge in [0.15, 0.2) is 0 Å². The summed E-state index contributed by atoms with van der Waals surface area (Å²) in [7, 11) is 0. The molecule has 0 N–H and O–H groups in total. The maximum atomic E-state index is 12.6. The molecule has 1 aliphatic heterocycles. The molecule has 1 fully saturated rings. The molecule has 0 saturated carbocycles. The normalized spacial score (nSPS) is 15.4. The monoisotopic (exact) mass is 362 g/mol. The molecule has 4 rings (SSSR count). The summed E-state index contributed by atoms with van der Waals surface area (Å²) in [6, 6.07) is 16.7. The van der Waals surface area contributed by atoms with E-state index in [0.29, 0.717) is 13.0 Å². The zero-order valence-electron chi connectivity index (χ0n) is 15.8. The Hall–Kier alpha value is -2.66. The molecule has 3 aromatic rings. The van der Waals surface area contributed by atoms with Gasteiger partial charge in [-0.25, -0.2) is 0 Å². The van der Waals surface area contributed by atoms with Crippen LogP contribution in [0.25, 0.3) is 10.9 Å². The number of rotatable bonds is 5. The van der Waals surface area contributed by atoms with Crippen LogP contribution in [0, 0.1) is 6.92 Å². The van der Waals surface area contributed by atoms with E-state index < -0.39 is 0 Å². The lowest BCUT2D eigenvalue weighted by Crippen LogP contribution is -2.48. The van der Waals surface area contributed by atoms with Crippen LogP contribution >= 0.6 is 0 Å². The molecule has 5 nitrogen and oxygen atoms in total. The van der Waals surface area contributed by atoms with E-state index in [0.717, 1.165) is 43.6 Å². The van der Waals surface area contributed by atoms with E-state index in [1.54, 1.807) is 0 Å². The Labute approximate surface area is 160 Å². The first-order chi connectivity index (χ1) is 13.2. The first-order valence-corrected chi connectivity index (χ1v) is 9.66. The lowest BCUT2D eigenvalue weighted by atomic mass is 10.1. The first-order valence-electron chi connectivity index (χ1n) is 9.66. The lowest BCUT2D eigenvalue weighted by Gasteiger charge is -2.34. The van der Waals surface area contributed by atoms with Gasteiger partial charge in [-0.1, -0.05) is 48.5 Å². The molecule has 5 heteroatoms. The van der Waals surface area contributed by atoms with Crippen LogP contribution in [0.15, 0.2) is 54.7 Å². The molecular formula is C22H26N4O. The lowest BCUT2D eigenvalue weighted by molar-refractivity contribution is -0.133. The molecular weight excluding hydrogens is 336 g/mol. The minimum Gasteiger partial charge on any atom is -0.340 e. The van der Waals surface area contributed by atoms with Crippen LogP contribution in [0.4, 0.5) is 0 Å². The van der Waals surface area contributed by atoms with Gasteiger partial charge in [-0.2, -0.15) is 5.10 Å². The Morgan fingerprint density at radius 1 is 1.00 bits per heavy atom. The SMILES string of the molecule is Cc1cccc2cnn(CCC(=O)N3CCN(Cc4ccccc4)CC3)c12. The number of hydrogen-bond donors (Lipinski definition) is 0. The summed E-state index contributed by atoms with van der Waals surface area (Å²) >= 11 is 0. The van der Waals surface area contributed by atoms with E-state index in [1.165, 1.54) is 11.1 Å². The maximum absolute atomic E-state index is 12.6. The zero-order valence-corrected chi connectivity index (χ0v) is 15.8. The summed E-state index contributed by atoms with van der Waals surface area (Å²) in [5.41, 5.74) is 3.67. The second-order valence-electron chi connectivity index (χ2n) is 7.27. The fourth-order valence-electron chi connectivity index (χ4n) is 3.85. The average molecular weight is 362 g/mol. The zero-order chi connectivity index (χ0) is 18.6. The summed E-state index contributed by atoms with van der Waals surface area (Å²) in [6.07, 6.45) is 2.39. The second kappa shape index (κ2) is 7.92. The van der Waals surface area contributed by atoms with E-state index in [2.05, 4.69) is 53.3 Å². The number of benzene rings is 2. The van der Waals surface area contributed by atoms with Gasteiger partial charge in [0.05, 0.1) is 18.3 Å². The predicted octanol–water partition coefficient (Wildman–Crippen LogP) is 3.08. The Balaban J connectivity index is 1.29. The minimum atomic E-state index is 0.228. The molecule has 2 aromatic carbocycles. The highest BCUT2D eigenvalue weighted by Crippen LogP contribution is 2.18. The van der Waals surface area contributed by atoms with Gasteiger partial charge in [0, 0.05) is 44.5 Å². The van der Waals surface area contributed by atoms with E-state index in [-0.39, 0.29) is 5.91 Å². The first kappa shape index (κ1) is 17.7. The van der Waals surface area contributed by atoms with E-state index in [9.17, 15) is 4.79 Å². The number of hydrogen-bond acceptors (Lipinski definition) is 3. The minimum absolute atomic E-state index is 0.228. The Kier molecular flexibility index (Phi) is 5.21. The molecule has 2 heterocycles. The van der Waals surface area contributed by atoms with Crippen LogP contribution in [0.2, 0.25) is 0 Å². The standard InChI is InChI=1S/C22H26N4O/c1-18-6-5-9-20-16-23-26(22(18)20)11-10-21(27)25-14-12-24(13-15-25)17-19-7-3-2-4-8-19/h2-9,16H,10-15,17H2,1H3. The fraction of sp³-hybridized carbons (Fsp3) is 0.364. The summed E-state index contributed by atoms with van der Waals surface area (Å²) in [6.45, 7) is 7.18. The second-order valence-corrected chi connectivity index (χ2v) is 7.27. The highest BCUT2D eigenvalue weighted by atomic mass is 16.2. The summed E-state index contributed by atoms with van der Waals surface area (Å²) in [5.74, 6) is 0.228. The number of carbonyl (C=O) groups excluding carboxylic acids is 1. The molecule has 0 spiro atoms. The quantitative estimate of drug-likeness (QED) is 0.700. The van der Waals surface area contributed by atoms with Crippen LogP contribution < -0.4 is 0 Å². The molecule has 0 bridgehead atoms. The number of aromatic nitrogens is 2. The molecule has 0 aliphatic carbocycles. The molecule has 0 radical (unpaired) electrons. The van der Waals surface area contributed by atoms with Gasteiger partial charge in [-0.05, 0) is 18.1 Å². The van der Waals surface area contributed by atoms with Crippen LogP contribution in [0.5, 0.6) is 0 Å². The number of piperazine rings is 1. The largest absolute Gasteiger partial charge is 0.340 e. The summed E-state index contributed by atoms with van der Waals surface area (Å²) < 4.78 is 1.97. The third-order valence-electron chi connectivity index (χ3n) is 5.37. The molecule has 0 atom stereocenters. The van der Waals surface area contributed by atoms with Crippen LogP contribution in [-0.2, 0) is 17.9 Å². The van der Waals surface area contributed by atoms with Gasteiger partial charge in [0.1, 0.15) is 0 Å². The van der Waals surface area contributed by atoms with Crippen molar-refractivity contribution >= 4 is 16.8 Å². The van der Waals surface area contributed by atoms with Gasteiger partial charge in [-0.3, -0.25) is 14.4 Å². The molecule has 140 valence electrons. The number of amides is 1. The van der Waals surface area contributed by atoms with Crippen molar-refractivity contribution in [2.75, 3.05) is 26.2 Å². The number of nitrogens with zero attached hydrogens (tertiary/aromatic N) is 4. The van der Waals surface area contributed by atoms with Crippen LogP contribution in [-0.4, -0.2) is 51.7 Å². The average Bonchev–Trinajstić information content (AvgIpc) is 3.12. The number of para-hydroxylation sites is 1. The van der Waals surface area contributed by atoms with Gasteiger partial charge in [0.2, 0.25) is 5.91 Å². The van der Waals surface area contributed by atoms with E-state index in [4.69, 9.17) is 0 Å². The highest BCUT2D eigenvalue weighted by molar-refractivity contribution is 5.82. The molecule has 1 aromatic heterocycles. The van der Waals surface area contributed by atoms with Gasteiger partial charge in [-0.15, -0.1) is 0 Å². The molecule has 1 saturated heterocycles. The molecule has 1 aliphatic rings. The van der Waals surface area contributed by atoms with Crippen molar-refractivity contribution < 1.29 is 4.79 Å². The van der Waals surface area contributed by atoms with Crippen molar-refractivity contribution in [3.05, 3.63) is 65.9 Å². The van der Waals surface area contributed by atoms with Crippen molar-refractivity contribution in [2.45, 2.75) is 26.4 Å². The highest BCUT2D eigenvalue weighted by Gasteiger charge is 2.21. The smallest absolute Gasteiger partial charge is 0.224 e. The van der Waals surface area contributed by atoms with Crippen molar-refractivity contribution in [1.82, 2.24) is 19.6 Å². The summed E-state index contributed by atoms with van der Waals surface area (Å²) in [5, 5.41) is 5.61. The summed E-state index contributed by atoms with van der Waals surface area (Å²) in [4.78, 5) is 17.1. The third-order valence-corrected chi connectivity index (χ3v) is 5.37. The molecule has 1 amide bonds. The van der Waals surface area contributed by atoms with Gasteiger partial charge >= 0.3 is 0 Å². The van der Waals surface area contributed by atoms with Crippen molar-refractivity contribution in [1.29, 1.82) is 0 Å². The Morgan fingerprint density at radius 2 is 1.78 bits per heavy atom. The van der Waals surface area contributed by atoms with E-state index in [1.807, 2.05) is 27.9 Å². The number of carbonyl (C=O) groups is 1. The fourth-order valence-corrected chi connectivity index (χ4v) is 3.85. The number of aryl methyl sites for hydroxylation is 2. The van der Waals surface area contributed by atoms with E-state index >= 15 is 0 Å². The maximum Gasteiger partial charge on any atom is 0.224 e. The predicted molar refractivity (Wildman–Crippen MR) is 107 cm³/mol. The Bertz CT molecular complexity index is 910.